The largest absolute Gasteiger partial charge is 0.493 e. The van der Waals surface area contributed by atoms with Gasteiger partial charge in [0, 0.05) is 12.5 Å². The average Bonchev–Trinajstić information content (AvgIpc) is 2.89. The van der Waals surface area contributed by atoms with Crippen molar-refractivity contribution in [1.82, 2.24) is 4.90 Å². The summed E-state index contributed by atoms with van der Waals surface area (Å²) in [6, 6.07) is 17.2. The predicted octanol–water partition coefficient (Wildman–Crippen LogP) is 5.25. The van der Waals surface area contributed by atoms with Crippen LogP contribution in [0.25, 0.3) is 0 Å². The molecular weight excluding hydrogens is 458 g/mol. The summed E-state index contributed by atoms with van der Waals surface area (Å²) in [7, 11) is 1.71. The molecule has 1 heterocycles. The number of allylic oxidation sites excluding steroid dienone is 1. The van der Waals surface area contributed by atoms with Crippen LogP contribution in [-0.4, -0.2) is 60.4 Å². The summed E-state index contributed by atoms with van der Waals surface area (Å²) in [6.07, 6.45) is 7.82. The number of nitrogens with zero attached hydrogens (tertiary/aromatic N) is 1. The van der Waals surface area contributed by atoms with Crippen molar-refractivity contribution in [3.05, 3.63) is 72.3 Å². The Kier molecular flexibility index (Phi) is 12.6. The van der Waals surface area contributed by atoms with Gasteiger partial charge in [0.25, 0.3) is 0 Å². The standard InChI is InChI=1S/C27H37NO2.C2H2O4/c1-4-6-10-17-28-18-16-25(23-12-8-7-9-13-23)24(20-28)21-30-26-15-14-22(11-5-2)19-27(26)29-3;3-1(4)2(5)6/h5,7-9,12-15,19,24-25H,2,4,6,10-11,16-18,20-21H2,1,3H3;(H,3,4)(H,5,6)/t24-,25-;/m0./s1. The van der Waals surface area contributed by atoms with Crippen LogP contribution in [0.4, 0.5) is 0 Å². The number of likely N-dealkylation sites (tertiary alicyclic amines) is 1. The summed E-state index contributed by atoms with van der Waals surface area (Å²) in [5, 5.41) is 14.8. The van der Waals surface area contributed by atoms with E-state index in [1.165, 1.54) is 49.9 Å². The lowest BCUT2D eigenvalue weighted by molar-refractivity contribution is -0.159. The molecule has 2 N–H and O–H groups in total. The van der Waals surface area contributed by atoms with E-state index in [0.29, 0.717) is 18.4 Å². The minimum Gasteiger partial charge on any atom is -0.493 e. The summed E-state index contributed by atoms with van der Waals surface area (Å²) in [5.41, 5.74) is 2.63. The van der Waals surface area contributed by atoms with E-state index in [2.05, 4.69) is 60.9 Å². The molecule has 0 spiro atoms. The van der Waals surface area contributed by atoms with Crippen molar-refractivity contribution in [2.45, 2.75) is 44.9 Å². The zero-order valence-corrected chi connectivity index (χ0v) is 21.4. The summed E-state index contributed by atoms with van der Waals surface area (Å²) in [6.45, 7) is 10.3. The quantitative estimate of drug-likeness (QED) is 0.248. The van der Waals surface area contributed by atoms with Crippen molar-refractivity contribution in [2.75, 3.05) is 33.4 Å². The van der Waals surface area contributed by atoms with Gasteiger partial charge >= 0.3 is 11.9 Å². The Morgan fingerprint density at radius 2 is 1.81 bits per heavy atom. The van der Waals surface area contributed by atoms with E-state index in [1.54, 1.807) is 7.11 Å². The van der Waals surface area contributed by atoms with Gasteiger partial charge in [0.2, 0.25) is 0 Å². The van der Waals surface area contributed by atoms with Gasteiger partial charge in [-0.15, -0.1) is 6.58 Å². The SMILES string of the molecule is C=CCc1ccc(OC[C@@H]2CN(CCCCC)CC[C@H]2c2ccccc2)c(OC)c1.O=C(O)C(=O)O. The normalized spacial score (nSPS) is 17.4. The second-order valence-electron chi connectivity index (χ2n) is 8.97. The molecule has 0 saturated carbocycles. The highest BCUT2D eigenvalue weighted by molar-refractivity contribution is 6.27. The lowest BCUT2D eigenvalue weighted by Crippen LogP contribution is -2.42. The number of carboxylic acids is 2. The number of ether oxygens (including phenoxy) is 2. The van der Waals surface area contributed by atoms with E-state index >= 15 is 0 Å². The lowest BCUT2D eigenvalue weighted by atomic mass is 9.81. The van der Waals surface area contributed by atoms with E-state index in [9.17, 15) is 0 Å². The highest BCUT2D eigenvalue weighted by atomic mass is 16.5. The Bertz CT molecular complexity index is 949. The number of rotatable bonds is 11. The van der Waals surface area contributed by atoms with Gasteiger partial charge in [0.1, 0.15) is 0 Å². The molecule has 2 aromatic carbocycles. The molecule has 3 rings (SSSR count). The zero-order valence-electron chi connectivity index (χ0n) is 21.4. The fourth-order valence-electron chi connectivity index (χ4n) is 4.53. The van der Waals surface area contributed by atoms with E-state index in [4.69, 9.17) is 29.3 Å². The van der Waals surface area contributed by atoms with Crippen LogP contribution in [-0.2, 0) is 16.0 Å². The smallest absolute Gasteiger partial charge is 0.414 e. The third-order valence-corrected chi connectivity index (χ3v) is 6.37. The minimum atomic E-state index is -1.82. The summed E-state index contributed by atoms with van der Waals surface area (Å²) < 4.78 is 11.9. The summed E-state index contributed by atoms with van der Waals surface area (Å²) >= 11 is 0. The minimum absolute atomic E-state index is 0.473. The molecule has 2 aromatic rings. The van der Waals surface area contributed by atoms with Crippen LogP contribution in [0.2, 0.25) is 0 Å². The average molecular weight is 498 g/mol. The number of piperidine rings is 1. The molecule has 0 aliphatic carbocycles. The van der Waals surface area contributed by atoms with Gasteiger partial charge in [-0.3, -0.25) is 0 Å². The third kappa shape index (κ3) is 9.38. The molecular formula is C29H39NO6. The zero-order chi connectivity index (χ0) is 26.3. The van der Waals surface area contributed by atoms with Crippen molar-refractivity contribution in [3.8, 4) is 11.5 Å². The van der Waals surface area contributed by atoms with E-state index < -0.39 is 11.9 Å². The lowest BCUT2D eigenvalue weighted by Gasteiger charge is -2.39. The van der Waals surface area contributed by atoms with Crippen LogP contribution in [0.5, 0.6) is 11.5 Å². The molecule has 1 fully saturated rings. The number of hydrogen-bond donors (Lipinski definition) is 2. The number of hydrogen-bond acceptors (Lipinski definition) is 5. The second-order valence-corrected chi connectivity index (χ2v) is 8.97. The molecule has 196 valence electrons. The molecule has 0 bridgehead atoms. The summed E-state index contributed by atoms with van der Waals surface area (Å²) in [4.78, 5) is 20.8. The molecule has 0 amide bonds. The van der Waals surface area contributed by atoms with E-state index in [0.717, 1.165) is 24.5 Å². The number of carbonyl (C=O) groups is 2. The first-order chi connectivity index (χ1) is 17.4. The fourth-order valence-corrected chi connectivity index (χ4v) is 4.53. The number of methoxy groups -OCH3 is 1. The first-order valence-electron chi connectivity index (χ1n) is 12.5. The van der Waals surface area contributed by atoms with Gasteiger partial charge in [0.05, 0.1) is 13.7 Å². The molecule has 0 radical (unpaired) electrons. The molecule has 1 saturated heterocycles. The molecule has 0 unspecified atom stereocenters. The van der Waals surface area contributed by atoms with Gasteiger partial charge in [-0.1, -0.05) is 62.2 Å². The molecule has 7 heteroatoms. The number of carboxylic acid groups (broad SMARTS) is 2. The topological polar surface area (TPSA) is 96.3 Å². The Morgan fingerprint density at radius 3 is 2.42 bits per heavy atom. The van der Waals surface area contributed by atoms with Crippen LogP contribution in [0.3, 0.4) is 0 Å². The number of unbranched alkanes of at least 4 members (excludes halogenated alkanes) is 2. The van der Waals surface area contributed by atoms with Crippen LogP contribution < -0.4 is 9.47 Å². The first kappa shape index (κ1) is 28.9. The number of aliphatic carboxylic acids is 2. The summed E-state index contributed by atoms with van der Waals surface area (Å²) in [5.74, 6) is -0.994. The first-order valence-corrected chi connectivity index (χ1v) is 12.5. The van der Waals surface area contributed by atoms with Crippen molar-refractivity contribution >= 4 is 11.9 Å². The number of benzene rings is 2. The molecule has 2 atom stereocenters. The third-order valence-electron chi connectivity index (χ3n) is 6.37. The van der Waals surface area contributed by atoms with Crippen molar-refractivity contribution in [2.24, 2.45) is 5.92 Å². The molecule has 36 heavy (non-hydrogen) atoms. The van der Waals surface area contributed by atoms with Gasteiger partial charge in [0.15, 0.2) is 11.5 Å². The highest BCUT2D eigenvalue weighted by Gasteiger charge is 2.31. The second kappa shape index (κ2) is 15.6. The van der Waals surface area contributed by atoms with E-state index in [-0.39, 0.29) is 0 Å². The Balaban J connectivity index is 0.000000678. The Hall–Kier alpha value is -3.32. The molecule has 1 aliphatic rings. The van der Waals surface area contributed by atoms with Crippen LogP contribution in [0.15, 0.2) is 61.2 Å². The predicted molar refractivity (Wildman–Crippen MR) is 141 cm³/mol. The fraction of sp³-hybridized carbons (Fsp3) is 0.448. The van der Waals surface area contributed by atoms with Gasteiger partial charge in [-0.25, -0.2) is 9.59 Å². The van der Waals surface area contributed by atoms with Crippen LogP contribution >= 0.6 is 0 Å². The van der Waals surface area contributed by atoms with Gasteiger partial charge in [-0.2, -0.15) is 0 Å². The molecule has 7 nitrogen and oxygen atoms in total. The molecule has 1 aliphatic heterocycles. The van der Waals surface area contributed by atoms with Gasteiger partial charge < -0.3 is 24.6 Å². The van der Waals surface area contributed by atoms with Crippen molar-refractivity contribution < 1.29 is 29.3 Å². The van der Waals surface area contributed by atoms with Crippen molar-refractivity contribution in [3.63, 3.8) is 0 Å². The van der Waals surface area contributed by atoms with Crippen LogP contribution in [0.1, 0.15) is 49.7 Å². The maximum atomic E-state index is 9.10. The molecule has 0 aromatic heterocycles. The van der Waals surface area contributed by atoms with Crippen LogP contribution in [0, 0.1) is 5.92 Å². The monoisotopic (exact) mass is 497 g/mol. The highest BCUT2D eigenvalue weighted by Crippen LogP contribution is 2.35. The van der Waals surface area contributed by atoms with E-state index in [1.807, 2.05) is 12.1 Å². The van der Waals surface area contributed by atoms with Gasteiger partial charge in [-0.05, 0) is 61.5 Å². The Morgan fingerprint density at radius 1 is 1.08 bits per heavy atom. The maximum absolute atomic E-state index is 9.10. The Labute approximate surface area is 214 Å². The van der Waals surface area contributed by atoms with Crippen molar-refractivity contribution in [1.29, 1.82) is 0 Å². The maximum Gasteiger partial charge on any atom is 0.414 e.